The van der Waals surface area contributed by atoms with Gasteiger partial charge in [-0.25, -0.2) is 8.78 Å². The van der Waals surface area contributed by atoms with E-state index < -0.39 is 6.43 Å². The Morgan fingerprint density at radius 2 is 2.08 bits per heavy atom. The smallest absolute Gasteiger partial charge is 0.251 e. The first kappa shape index (κ1) is 12.2. The molecule has 0 radical (unpaired) electrons. The number of nitrogens with two attached hydrogens (primary N) is 1. The summed E-state index contributed by atoms with van der Waals surface area (Å²) in [6.45, 7) is -0.0592. The third kappa shape index (κ3) is 7.61. The second kappa shape index (κ2) is 6.73. The minimum Gasteiger partial charge on any atom is -0.395 e. The van der Waals surface area contributed by atoms with Crippen molar-refractivity contribution in [2.45, 2.75) is 12.8 Å². The number of rotatable bonds is 7. The van der Waals surface area contributed by atoms with E-state index in [1.165, 1.54) is 4.90 Å². The van der Waals surface area contributed by atoms with Gasteiger partial charge in [-0.05, 0) is 0 Å². The summed E-state index contributed by atoms with van der Waals surface area (Å²) >= 11 is 0. The van der Waals surface area contributed by atoms with E-state index in [1.54, 1.807) is 0 Å². The maximum atomic E-state index is 11.9. The molecule has 0 aromatic heterocycles. The third-order valence-corrected chi connectivity index (χ3v) is 1.51. The van der Waals surface area contributed by atoms with Crippen molar-refractivity contribution in [3.63, 3.8) is 0 Å². The maximum Gasteiger partial charge on any atom is 0.251 e. The topological polar surface area (TPSA) is 73.3 Å². The molecule has 4 nitrogen and oxygen atoms in total. The van der Waals surface area contributed by atoms with Gasteiger partial charge in [-0.2, -0.15) is 0 Å². The van der Waals surface area contributed by atoms with Crippen LogP contribution in [0, 0.1) is 5.41 Å². The molecule has 0 fully saturated rings. The normalized spacial score (nSPS) is 11.2. The summed E-state index contributed by atoms with van der Waals surface area (Å²) in [4.78, 5) is 1.38. The van der Waals surface area contributed by atoms with E-state index in [4.69, 9.17) is 16.2 Å². The van der Waals surface area contributed by atoms with E-state index >= 15 is 0 Å². The average Bonchev–Trinajstić information content (AvgIpc) is 1.99. The molecule has 78 valence electrons. The molecule has 0 bridgehead atoms. The van der Waals surface area contributed by atoms with Crippen molar-refractivity contribution in [2.24, 2.45) is 5.73 Å². The van der Waals surface area contributed by atoms with Crippen LogP contribution in [0.3, 0.4) is 0 Å². The molecule has 0 aromatic carbocycles. The van der Waals surface area contributed by atoms with E-state index in [1.807, 2.05) is 0 Å². The zero-order valence-corrected chi connectivity index (χ0v) is 7.34. The van der Waals surface area contributed by atoms with Gasteiger partial charge < -0.3 is 10.8 Å². The number of hydrogen-bond donors (Lipinski definition) is 3. The fraction of sp³-hybridized carbons (Fsp3) is 0.857. The lowest BCUT2D eigenvalue weighted by atomic mass is 10.3. The summed E-state index contributed by atoms with van der Waals surface area (Å²) in [6.07, 6.45) is -2.16. The van der Waals surface area contributed by atoms with Gasteiger partial charge in [-0.3, -0.25) is 10.3 Å². The SMILES string of the molecule is N=C(N)CCN(CCO)CC(F)F. The van der Waals surface area contributed by atoms with Gasteiger partial charge in [0, 0.05) is 19.5 Å². The maximum absolute atomic E-state index is 11.9. The highest BCUT2D eigenvalue weighted by molar-refractivity contribution is 5.76. The Balaban J connectivity index is 3.72. The minimum absolute atomic E-state index is 0.0304. The van der Waals surface area contributed by atoms with Crippen molar-refractivity contribution >= 4 is 5.84 Å². The fourth-order valence-electron chi connectivity index (χ4n) is 0.910. The van der Waals surface area contributed by atoms with Gasteiger partial charge in [0.2, 0.25) is 0 Å². The molecular weight excluding hydrogens is 180 g/mol. The number of halogens is 2. The van der Waals surface area contributed by atoms with Crippen LogP contribution in [0.15, 0.2) is 0 Å². The molecule has 0 amide bonds. The molecule has 0 atom stereocenters. The summed E-state index contributed by atoms with van der Waals surface area (Å²) < 4.78 is 23.8. The molecule has 0 heterocycles. The molecule has 0 saturated carbocycles. The summed E-state index contributed by atoms with van der Waals surface area (Å²) in [7, 11) is 0. The van der Waals surface area contributed by atoms with Gasteiger partial charge in [0.1, 0.15) is 0 Å². The third-order valence-electron chi connectivity index (χ3n) is 1.51. The van der Waals surface area contributed by atoms with Crippen molar-refractivity contribution < 1.29 is 13.9 Å². The molecule has 0 saturated heterocycles. The molecule has 4 N–H and O–H groups in total. The van der Waals surface area contributed by atoms with Gasteiger partial charge in [-0.1, -0.05) is 0 Å². The lowest BCUT2D eigenvalue weighted by molar-refractivity contribution is 0.0797. The summed E-state index contributed by atoms with van der Waals surface area (Å²) in [6, 6.07) is 0. The van der Waals surface area contributed by atoms with E-state index in [-0.39, 0.29) is 32.0 Å². The Morgan fingerprint density at radius 1 is 1.46 bits per heavy atom. The molecule has 0 aromatic rings. The average molecular weight is 195 g/mol. The van der Waals surface area contributed by atoms with Gasteiger partial charge in [0.15, 0.2) is 0 Å². The van der Waals surface area contributed by atoms with E-state index in [2.05, 4.69) is 0 Å². The van der Waals surface area contributed by atoms with Gasteiger partial charge in [0.05, 0.1) is 19.0 Å². The quantitative estimate of drug-likeness (QED) is 0.391. The molecule has 0 spiro atoms. The van der Waals surface area contributed by atoms with Crippen LogP contribution in [0.4, 0.5) is 8.78 Å². The molecule has 0 rings (SSSR count). The minimum atomic E-state index is -2.42. The molecule has 13 heavy (non-hydrogen) atoms. The molecule has 0 aliphatic rings. The zero-order chi connectivity index (χ0) is 10.3. The van der Waals surface area contributed by atoms with Crippen molar-refractivity contribution in [3.05, 3.63) is 0 Å². The molecule has 0 aliphatic carbocycles. The number of amidine groups is 1. The Kier molecular flexibility index (Phi) is 6.34. The number of hydrogen-bond acceptors (Lipinski definition) is 3. The van der Waals surface area contributed by atoms with E-state index in [0.29, 0.717) is 6.54 Å². The Morgan fingerprint density at radius 3 is 2.46 bits per heavy atom. The highest BCUT2D eigenvalue weighted by Crippen LogP contribution is 1.98. The molecule has 0 unspecified atom stereocenters. The van der Waals surface area contributed by atoms with Crippen LogP contribution in [0.1, 0.15) is 6.42 Å². The lowest BCUT2D eigenvalue weighted by Gasteiger charge is -2.19. The monoisotopic (exact) mass is 195 g/mol. The van der Waals surface area contributed by atoms with Crippen molar-refractivity contribution in [1.82, 2.24) is 4.90 Å². The Bertz CT molecular complexity index is 155. The number of alkyl halides is 2. The van der Waals surface area contributed by atoms with Crippen LogP contribution in [-0.4, -0.2) is 48.5 Å². The highest BCUT2D eigenvalue weighted by Gasteiger charge is 2.11. The summed E-state index contributed by atoms with van der Waals surface area (Å²) in [5.74, 6) is -0.0304. The van der Waals surface area contributed by atoms with Crippen LogP contribution in [0.5, 0.6) is 0 Å². The lowest BCUT2D eigenvalue weighted by Crippen LogP contribution is -2.34. The summed E-state index contributed by atoms with van der Waals surface area (Å²) in [5, 5.41) is 15.4. The van der Waals surface area contributed by atoms with Gasteiger partial charge in [-0.15, -0.1) is 0 Å². The highest BCUT2D eigenvalue weighted by atomic mass is 19.3. The van der Waals surface area contributed by atoms with Crippen LogP contribution in [0.25, 0.3) is 0 Å². The first-order valence-corrected chi connectivity index (χ1v) is 4.00. The molecule has 0 aliphatic heterocycles. The first-order chi connectivity index (χ1) is 6.06. The second-order valence-corrected chi connectivity index (χ2v) is 2.69. The molecular formula is C7H15F2N3O. The zero-order valence-electron chi connectivity index (χ0n) is 7.34. The Hall–Kier alpha value is -0.750. The van der Waals surface area contributed by atoms with Gasteiger partial charge >= 0.3 is 0 Å². The molecule has 6 heteroatoms. The fourth-order valence-corrected chi connectivity index (χ4v) is 0.910. The van der Waals surface area contributed by atoms with E-state index in [0.717, 1.165) is 0 Å². The standard InChI is InChI=1S/C7H15F2N3O/c8-6(9)5-12(3-4-13)2-1-7(10)11/h6,13H,1-5H2,(H3,10,11). The summed E-state index contributed by atoms with van der Waals surface area (Å²) in [5.41, 5.74) is 5.07. The van der Waals surface area contributed by atoms with Crippen molar-refractivity contribution in [1.29, 1.82) is 5.41 Å². The van der Waals surface area contributed by atoms with Crippen molar-refractivity contribution in [3.8, 4) is 0 Å². The first-order valence-electron chi connectivity index (χ1n) is 4.00. The number of aliphatic hydroxyl groups is 1. The number of nitrogens with zero attached hydrogens (tertiary/aromatic N) is 1. The number of nitrogens with one attached hydrogen (secondary N) is 1. The second-order valence-electron chi connectivity index (χ2n) is 2.69. The Labute approximate surface area is 75.8 Å². The van der Waals surface area contributed by atoms with E-state index in [9.17, 15) is 8.78 Å². The van der Waals surface area contributed by atoms with Crippen LogP contribution in [0.2, 0.25) is 0 Å². The van der Waals surface area contributed by atoms with Gasteiger partial charge in [0.25, 0.3) is 6.43 Å². The predicted molar refractivity (Wildman–Crippen MR) is 46.1 cm³/mol. The largest absolute Gasteiger partial charge is 0.395 e. The number of aliphatic hydroxyl groups excluding tert-OH is 1. The predicted octanol–water partition coefficient (Wildman–Crippen LogP) is -0.128. The van der Waals surface area contributed by atoms with Crippen molar-refractivity contribution in [2.75, 3.05) is 26.2 Å². The van der Waals surface area contributed by atoms with Crippen LogP contribution in [-0.2, 0) is 0 Å². The van der Waals surface area contributed by atoms with Crippen LogP contribution < -0.4 is 5.73 Å². The van der Waals surface area contributed by atoms with Crippen LogP contribution >= 0.6 is 0 Å².